The number of hydrogen-bond acceptors (Lipinski definition) is 1. The monoisotopic (exact) mass is 241 g/mol. The van der Waals surface area contributed by atoms with Crippen molar-refractivity contribution in [3.63, 3.8) is 0 Å². The van der Waals surface area contributed by atoms with Crippen LogP contribution >= 0.6 is 11.6 Å². The summed E-state index contributed by atoms with van der Waals surface area (Å²) in [6.07, 6.45) is 0. The van der Waals surface area contributed by atoms with Crippen LogP contribution in [0.25, 0.3) is 0 Å². The van der Waals surface area contributed by atoms with Crippen molar-refractivity contribution >= 4 is 23.2 Å². The summed E-state index contributed by atoms with van der Waals surface area (Å²) in [5.74, 6) is -1.11. The van der Waals surface area contributed by atoms with Gasteiger partial charge in [-0.2, -0.15) is 0 Å². The van der Waals surface area contributed by atoms with Gasteiger partial charge in [0.1, 0.15) is 5.83 Å². The minimum atomic E-state index is -1.24. The van der Waals surface area contributed by atoms with Gasteiger partial charge in [0.15, 0.2) is 0 Å². The summed E-state index contributed by atoms with van der Waals surface area (Å²) in [6.45, 7) is 6.10. The molecule has 0 aliphatic rings. The number of halogens is 2. The molecule has 86 valence electrons. The maximum atomic E-state index is 13.0. The molecule has 0 aliphatic heterocycles. The third-order valence-corrected chi connectivity index (χ3v) is 2.60. The Bertz CT molecular complexity index is 412. The molecule has 0 atom stereocenters. The zero-order valence-electron chi connectivity index (χ0n) is 9.18. The van der Waals surface area contributed by atoms with E-state index in [-0.39, 0.29) is 0 Å². The quantitative estimate of drug-likeness (QED) is 0.857. The van der Waals surface area contributed by atoms with Gasteiger partial charge in [-0.1, -0.05) is 18.2 Å². The molecule has 0 unspecified atom stereocenters. The van der Waals surface area contributed by atoms with Crippen LogP contribution in [0.2, 0.25) is 5.02 Å². The zero-order chi connectivity index (χ0) is 12.3. The molecule has 16 heavy (non-hydrogen) atoms. The lowest BCUT2D eigenvalue weighted by atomic mass is 9.91. The lowest BCUT2D eigenvalue weighted by Gasteiger charge is -2.20. The van der Waals surface area contributed by atoms with Crippen LogP contribution in [0.3, 0.4) is 0 Å². The van der Waals surface area contributed by atoms with Gasteiger partial charge >= 0.3 is 0 Å². The molecule has 0 heterocycles. The smallest absolute Gasteiger partial charge is 0.236 e. The summed E-state index contributed by atoms with van der Waals surface area (Å²) in [5.41, 5.74) is -0.664. The summed E-state index contributed by atoms with van der Waals surface area (Å²) in [4.78, 5) is 11.7. The maximum Gasteiger partial charge on any atom is 0.236 e. The van der Waals surface area contributed by atoms with Gasteiger partial charge in [-0.05, 0) is 38.1 Å². The van der Waals surface area contributed by atoms with E-state index in [9.17, 15) is 9.18 Å². The van der Waals surface area contributed by atoms with Gasteiger partial charge in [-0.15, -0.1) is 0 Å². The van der Waals surface area contributed by atoms with Crippen LogP contribution in [0.5, 0.6) is 0 Å². The topological polar surface area (TPSA) is 29.1 Å². The Balaban J connectivity index is 2.79. The molecular formula is C12H13ClFNO. The molecule has 2 nitrogen and oxygen atoms in total. The molecule has 0 saturated heterocycles. The van der Waals surface area contributed by atoms with E-state index in [0.717, 1.165) is 0 Å². The summed E-state index contributed by atoms with van der Waals surface area (Å²) in [7, 11) is 0. The van der Waals surface area contributed by atoms with Crippen LogP contribution in [-0.2, 0) is 4.79 Å². The van der Waals surface area contributed by atoms with Crippen LogP contribution in [0.15, 0.2) is 36.7 Å². The molecule has 1 amide bonds. The summed E-state index contributed by atoms with van der Waals surface area (Å²) < 4.78 is 13.0. The number of anilines is 1. The summed E-state index contributed by atoms with van der Waals surface area (Å²) >= 11 is 5.70. The van der Waals surface area contributed by atoms with Crippen LogP contribution in [0, 0.1) is 5.41 Å². The van der Waals surface area contributed by atoms with Gasteiger partial charge in [-0.3, -0.25) is 4.79 Å². The molecule has 0 bridgehead atoms. The number of carbonyl (C=O) groups excluding carboxylic acids is 1. The highest BCUT2D eigenvalue weighted by molar-refractivity contribution is 6.30. The average Bonchev–Trinajstić information content (AvgIpc) is 2.21. The summed E-state index contributed by atoms with van der Waals surface area (Å²) in [5, 5.41) is 3.17. The Morgan fingerprint density at radius 2 is 1.88 bits per heavy atom. The third-order valence-electron chi connectivity index (χ3n) is 2.35. The van der Waals surface area contributed by atoms with Gasteiger partial charge in [0.05, 0.1) is 5.41 Å². The summed E-state index contributed by atoms with van der Waals surface area (Å²) in [6, 6.07) is 6.59. The molecule has 0 aliphatic carbocycles. The number of nitrogens with one attached hydrogen (secondary N) is 1. The first-order valence-corrected chi connectivity index (χ1v) is 5.13. The molecule has 0 aromatic heterocycles. The third kappa shape index (κ3) is 2.83. The molecule has 1 aromatic rings. The lowest BCUT2D eigenvalue weighted by Crippen LogP contribution is -2.31. The van der Waals surface area contributed by atoms with Gasteiger partial charge in [0.25, 0.3) is 0 Å². The highest BCUT2D eigenvalue weighted by Crippen LogP contribution is 2.27. The van der Waals surface area contributed by atoms with Crippen molar-refractivity contribution in [2.24, 2.45) is 5.41 Å². The van der Waals surface area contributed by atoms with E-state index >= 15 is 0 Å². The second-order valence-electron chi connectivity index (χ2n) is 3.99. The highest BCUT2D eigenvalue weighted by atomic mass is 35.5. The van der Waals surface area contributed by atoms with Crippen molar-refractivity contribution in [1.82, 2.24) is 0 Å². The van der Waals surface area contributed by atoms with E-state index in [1.807, 2.05) is 0 Å². The van der Waals surface area contributed by atoms with E-state index in [2.05, 4.69) is 11.9 Å². The van der Waals surface area contributed by atoms with Crippen LogP contribution in [0.4, 0.5) is 10.1 Å². The van der Waals surface area contributed by atoms with Crippen molar-refractivity contribution in [2.75, 3.05) is 5.32 Å². The largest absolute Gasteiger partial charge is 0.325 e. The fraction of sp³-hybridized carbons (Fsp3) is 0.250. The van der Waals surface area contributed by atoms with E-state index in [0.29, 0.717) is 10.7 Å². The van der Waals surface area contributed by atoms with Crippen molar-refractivity contribution in [3.8, 4) is 0 Å². The fourth-order valence-corrected chi connectivity index (χ4v) is 1.07. The van der Waals surface area contributed by atoms with Crippen LogP contribution in [0.1, 0.15) is 13.8 Å². The van der Waals surface area contributed by atoms with E-state index in [1.54, 1.807) is 24.3 Å². The minimum absolute atomic E-state index is 0.442. The number of hydrogen-bond donors (Lipinski definition) is 1. The van der Waals surface area contributed by atoms with Crippen molar-refractivity contribution in [1.29, 1.82) is 0 Å². The molecule has 0 spiro atoms. The normalized spacial score (nSPS) is 11.0. The molecule has 0 saturated carbocycles. The molecule has 1 N–H and O–H groups in total. The van der Waals surface area contributed by atoms with E-state index in [4.69, 9.17) is 11.6 Å². The van der Waals surface area contributed by atoms with E-state index < -0.39 is 17.1 Å². The number of benzene rings is 1. The molecule has 0 radical (unpaired) electrons. The van der Waals surface area contributed by atoms with Gasteiger partial charge in [-0.25, -0.2) is 4.39 Å². The van der Waals surface area contributed by atoms with Crippen LogP contribution < -0.4 is 5.32 Å². The Morgan fingerprint density at radius 1 is 1.38 bits per heavy atom. The number of carbonyl (C=O) groups is 1. The minimum Gasteiger partial charge on any atom is -0.325 e. The second kappa shape index (κ2) is 4.66. The van der Waals surface area contributed by atoms with Crippen molar-refractivity contribution in [2.45, 2.75) is 13.8 Å². The Morgan fingerprint density at radius 3 is 2.31 bits per heavy atom. The van der Waals surface area contributed by atoms with Gasteiger partial charge in [0, 0.05) is 10.7 Å². The molecule has 4 heteroatoms. The zero-order valence-corrected chi connectivity index (χ0v) is 9.94. The van der Waals surface area contributed by atoms with E-state index in [1.165, 1.54) is 13.8 Å². The lowest BCUT2D eigenvalue weighted by molar-refractivity contribution is -0.122. The first-order valence-electron chi connectivity index (χ1n) is 4.76. The Kier molecular flexibility index (Phi) is 3.70. The van der Waals surface area contributed by atoms with Gasteiger partial charge in [0.2, 0.25) is 5.91 Å². The molecule has 1 rings (SSSR count). The Hall–Kier alpha value is -1.35. The second-order valence-corrected chi connectivity index (χ2v) is 4.43. The fourth-order valence-electron chi connectivity index (χ4n) is 0.944. The van der Waals surface area contributed by atoms with Crippen molar-refractivity contribution in [3.05, 3.63) is 41.7 Å². The van der Waals surface area contributed by atoms with Crippen LogP contribution in [-0.4, -0.2) is 5.91 Å². The number of rotatable bonds is 3. The SMILES string of the molecule is C=C(F)C(C)(C)C(=O)Nc1ccc(Cl)cc1. The van der Waals surface area contributed by atoms with Gasteiger partial charge < -0.3 is 5.32 Å². The first-order chi connectivity index (χ1) is 7.34. The maximum absolute atomic E-state index is 13.0. The predicted molar refractivity (Wildman–Crippen MR) is 64.1 cm³/mol. The first kappa shape index (κ1) is 12.7. The van der Waals surface area contributed by atoms with Crippen molar-refractivity contribution < 1.29 is 9.18 Å². The predicted octanol–water partition coefficient (Wildman–Crippen LogP) is 3.79. The standard InChI is InChI=1S/C12H13ClFNO/c1-8(14)12(2,3)11(16)15-10-6-4-9(13)5-7-10/h4-7H,1H2,2-3H3,(H,15,16). The number of amides is 1. The highest BCUT2D eigenvalue weighted by Gasteiger charge is 2.31. The molecule has 1 aromatic carbocycles. The Labute approximate surface area is 99.1 Å². The average molecular weight is 242 g/mol. The molecular weight excluding hydrogens is 229 g/mol. The molecule has 0 fully saturated rings.